The number of esters is 1. The van der Waals surface area contributed by atoms with Crippen molar-refractivity contribution in [1.29, 1.82) is 0 Å². The first kappa shape index (κ1) is 19.6. The third-order valence-corrected chi connectivity index (χ3v) is 4.32. The van der Waals surface area contributed by atoms with Crippen molar-refractivity contribution in [2.24, 2.45) is 0 Å². The summed E-state index contributed by atoms with van der Waals surface area (Å²) in [5.41, 5.74) is 4.02. The minimum atomic E-state index is -0.414. The van der Waals surface area contributed by atoms with Crippen LogP contribution in [0.5, 0.6) is 0 Å². The van der Waals surface area contributed by atoms with Gasteiger partial charge in [0.25, 0.3) is 5.91 Å². The summed E-state index contributed by atoms with van der Waals surface area (Å²) in [4.78, 5) is 29.9. The molecule has 0 atom stereocenters. The van der Waals surface area contributed by atoms with E-state index in [1.807, 2.05) is 29.7 Å². The highest BCUT2D eigenvalue weighted by Gasteiger charge is 2.20. The molecule has 0 aliphatic rings. The number of fused-ring (bicyclic) bond motifs is 1. The molecular formula is C22H25N3O3. The lowest BCUT2D eigenvalue weighted by atomic mass is 10.1. The largest absolute Gasteiger partial charge is 0.459 e. The Hall–Kier alpha value is -3.15. The van der Waals surface area contributed by atoms with Crippen LogP contribution in [-0.4, -0.2) is 27.4 Å². The van der Waals surface area contributed by atoms with E-state index in [1.54, 1.807) is 38.1 Å². The number of anilines is 1. The van der Waals surface area contributed by atoms with Crippen molar-refractivity contribution in [1.82, 2.24) is 9.38 Å². The van der Waals surface area contributed by atoms with E-state index in [0.717, 1.165) is 23.3 Å². The second-order valence-electron chi connectivity index (χ2n) is 7.03. The summed E-state index contributed by atoms with van der Waals surface area (Å²) < 4.78 is 7.05. The Bertz CT molecular complexity index is 1020. The summed E-state index contributed by atoms with van der Waals surface area (Å²) in [6.45, 7) is 7.63. The topological polar surface area (TPSA) is 72.7 Å². The second kappa shape index (κ2) is 8.25. The maximum Gasteiger partial charge on any atom is 0.338 e. The summed E-state index contributed by atoms with van der Waals surface area (Å²) in [7, 11) is 0. The highest BCUT2D eigenvalue weighted by Crippen LogP contribution is 2.20. The molecule has 3 aromatic rings. The molecule has 146 valence electrons. The fourth-order valence-corrected chi connectivity index (χ4v) is 3.10. The molecule has 0 aliphatic carbocycles. The van der Waals surface area contributed by atoms with Crippen molar-refractivity contribution in [2.75, 3.05) is 5.32 Å². The number of nitrogens with zero attached hydrogens (tertiary/aromatic N) is 2. The third-order valence-electron chi connectivity index (χ3n) is 4.32. The third kappa shape index (κ3) is 4.06. The maximum atomic E-state index is 13.1. The zero-order valence-corrected chi connectivity index (χ0v) is 16.7. The fourth-order valence-electron chi connectivity index (χ4n) is 3.10. The molecule has 1 aromatic carbocycles. The van der Waals surface area contributed by atoms with Crippen LogP contribution in [0.2, 0.25) is 0 Å². The van der Waals surface area contributed by atoms with E-state index in [9.17, 15) is 9.59 Å². The number of carbonyl (C=O) groups excluding carboxylic acids is 2. The van der Waals surface area contributed by atoms with Crippen LogP contribution < -0.4 is 5.32 Å². The lowest BCUT2D eigenvalue weighted by molar-refractivity contribution is 0.0377. The molecule has 6 heteroatoms. The van der Waals surface area contributed by atoms with Gasteiger partial charge < -0.3 is 10.1 Å². The standard InChI is InChI=1S/C22H25N3O3/c1-5-8-18-19(25-12-7-9-15(4)20(25)24-18)21(26)23-17-11-6-10-16(13-17)22(27)28-14(2)3/h6-7,9-14H,5,8H2,1-4H3,(H,23,26). The van der Waals surface area contributed by atoms with Gasteiger partial charge in [-0.2, -0.15) is 0 Å². The van der Waals surface area contributed by atoms with Crippen LogP contribution in [0.15, 0.2) is 42.6 Å². The van der Waals surface area contributed by atoms with Gasteiger partial charge in [0.05, 0.1) is 17.4 Å². The lowest BCUT2D eigenvalue weighted by Gasteiger charge is -2.10. The van der Waals surface area contributed by atoms with Gasteiger partial charge in [-0.05, 0) is 57.0 Å². The number of pyridine rings is 1. The van der Waals surface area contributed by atoms with Crippen LogP contribution in [0.1, 0.15) is 59.3 Å². The van der Waals surface area contributed by atoms with Gasteiger partial charge >= 0.3 is 5.97 Å². The van der Waals surface area contributed by atoms with Gasteiger partial charge in [0.15, 0.2) is 0 Å². The van der Waals surface area contributed by atoms with Crippen LogP contribution in [0.25, 0.3) is 5.65 Å². The first-order valence-corrected chi connectivity index (χ1v) is 9.49. The molecule has 0 radical (unpaired) electrons. The van der Waals surface area contributed by atoms with Gasteiger partial charge in [0.1, 0.15) is 11.3 Å². The number of nitrogens with one attached hydrogen (secondary N) is 1. The Balaban J connectivity index is 1.92. The van der Waals surface area contributed by atoms with Gasteiger partial charge in [-0.1, -0.05) is 25.5 Å². The number of hydrogen-bond acceptors (Lipinski definition) is 4. The number of carbonyl (C=O) groups is 2. The minimum absolute atomic E-state index is 0.205. The zero-order valence-electron chi connectivity index (χ0n) is 16.7. The lowest BCUT2D eigenvalue weighted by Crippen LogP contribution is -2.17. The van der Waals surface area contributed by atoms with Gasteiger partial charge in [-0.15, -0.1) is 0 Å². The van der Waals surface area contributed by atoms with E-state index in [2.05, 4.69) is 17.2 Å². The molecule has 0 spiro atoms. The number of rotatable bonds is 6. The Morgan fingerprint density at radius 2 is 2.00 bits per heavy atom. The molecule has 0 unspecified atom stereocenters. The molecule has 1 N–H and O–H groups in total. The van der Waals surface area contributed by atoms with Crippen molar-refractivity contribution in [3.05, 3.63) is 65.1 Å². The molecule has 6 nitrogen and oxygen atoms in total. The summed E-state index contributed by atoms with van der Waals surface area (Å²) in [5, 5.41) is 2.90. The first-order valence-electron chi connectivity index (χ1n) is 9.49. The minimum Gasteiger partial charge on any atom is -0.459 e. The number of benzene rings is 1. The Morgan fingerprint density at radius 3 is 2.71 bits per heavy atom. The molecule has 2 aromatic heterocycles. The fraction of sp³-hybridized carbons (Fsp3) is 0.318. The Morgan fingerprint density at radius 1 is 1.21 bits per heavy atom. The molecule has 0 fully saturated rings. The number of amides is 1. The zero-order chi connectivity index (χ0) is 20.3. The number of aromatic nitrogens is 2. The summed E-state index contributed by atoms with van der Waals surface area (Å²) in [6.07, 6.45) is 3.24. The normalized spacial score (nSPS) is 11.0. The Kier molecular flexibility index (Phi) is 5.78. The van der Waals surface area contributed by atoms with E-state index >= 15 is 0 Å². The number of hydrogen-bond donors (Lipinski definition) is 1. The van der Waals surface area contributed by atoms with Crippen molar-refractivity contribution >= 4 is 23.2 Å². The van der Waals surface area contributed by atoms with E-state index in [4.69, 9.17) is 4.74 Å². The summed E-state index contributed by atoms with van der Waals surface area (Å²) >= 11 is 0. The maximum absolute atomic E-state index is 13.1. The summed E-state index contributed by atoms with van der Waals surface area (Å²) in [6, 6.07) is 10.6. The van der Waals surface area contributed by atoms with E-state index in [-0.39, 0.29) is 12.0 Å². The SMILES string of the molecule is CCCc1nc2c(C)cccn2c1C(=O)Nc1cccc(C(=O)OC(C)C)c1. The van der Waals surface area contributed by atoms with E-state index in [0.29, 0.717) is 23.4 Å². The molecule has 0 bridgehead atoms. The molecule has 28 heavy (non-hydrogen) atoms. The number of imidazole rings is 1. The Labute approximate surface area is 164 Å². The van der Waals surface area contributed by atoms with Crippen molar-refractivity contribution < 1.29 is 14.3 Å². The quantitative estimate of drug-likeness (QED) is 0.644. The van der Waals surface area contributed by atoms with Crippen LogP contribution in [-0.2, 0) is 11.2 Å². The van der Waals surface area contributed by atoms with Gasteiger partial charge in [0, 0.05) is 11.9 Å². The number of aryl methyl sites for hydroxylation is 2. The number of ether oxygens (including phenoxy) is 1. The van der Waals surface area contributed by atoms with Crippen LogP contribution in [0, 0.1) is 6.92 Å². The highest BCUT2D eigenvalue weighted by atomic mass is 16.5. The molecule has 2 heterocycles. The summed E-state index contributed by atoms with van der Waals surface area (Å²) in [5.74, 6) is -0.667. The predicted octanol–water partition coefficient (Wildman–Crippen LogP) is 4.41. The molecule has 0 aliphatic heterocycles. The second-order valence-corrected chi connectivity index (χ2v) is 7.03. The van der Waals surface area contributed by atoms with Crippen molar-refractivity contribution in [3.63, 3.8) is 0 Å². The smallest absolute Gasteiger partial charge is 0.338 e. The van der Waals surface area contributed by atoms with Gasteiger partial charge in [0.2, 0.25) is 0 Å². The monoisotopic (exact) mass is 379 g/mol. The average Bonchev–Trinajstić information content (AvgIpc) is 3.01. The van der Waals surface area contributed by atoms with Crippen molar-refractivity contribution in [3.8, 4) is 0 Å². The molecule has 0 saturated heterocycles. The molecule has 1 amide bonds. The van der Waals surface area contributed by atoms with Crippen LogP contribution >= 0.6 is 0 Å². The van der Waals surface area contributed by atoms with Crippen LogP contribution in [0.4, 0.5) is 5.69 Å². The first-order chi connectivity index (χ1) is 13.4. The van der Waals surface area contributed by atoms with E-state index in [1.165, 1.54) is 0 Å². The van der Waals surface area contributed by atoms with Crippen molar-refractivity contribution in [2.45, 2.75) is 46.6 Å². The van der Waals surface area contributed by atoms with E-state index < -0.39 is 5.97 Å². The molecular weight excluding hydrogens is 354 g/mol. The molecule has 0 saturated carbocycles. The molecule has 3 rings (SSSR count). The average molecular weight is 379 g/mol. The predicted molar refractivity (Wildman–Crippen MR) is 109 cm³/mol. The van der Waals surface area contributed by atoms with Gasteiger partial charge in [-0.25, -0.2) is 9.78 Å². The van der Waals surface area contributed by atoms with Crippen LogP contribution in [0.3, 0.4) is 0 Å². The van der Waals surface area contributed by atoms with Gasteiger partial charge in [-0.3, -0.25) is 9.20 Å². The highest BCUT2D eigenvalue weighted by molar-refractivity contribution is 6.05.